The van der Waals surface area contributed by atoms with E-state index in [0.29, 0.717) is 11.8 Å². The van der Waals surface area contributed by atoms with Crippen LogP contribution in [0.25, 0.3) is 33.0 Å². The van der Waals surface area contributed by atoms with E-state index < -0.39 is 0 Å². The first-order chi connectivity index (χ1) is 23.0. The van der Waals surface area contributed by atoms with Gasteiger partial charge in [-0.05, 0) is 137 Å². The number of hydrogen-bond acceptors (Lipinski definition) is 1. The van der Waals surface area contributed by atoms with Crippen LogP contribution in [0.15, 0.2) is 145 Å². The minimum atomic E-state index is -0.146. The van der Waals surface area contributed by atoms with Crippen molar-refractivity contribution in [3.05, 3.63) is 161 Å². The number of hydrogen-bond donors (Lipinski definition) is 0. The third-order valence-corrected chi connectivity index (χ3v) is 11.6. The summed E-state index contributed by atoms with van der Waals surface area (Å²) in [6.45, 7) is 4.84. The molecule has 2 heteroatoms. The van der Waals surface area contributed by atoms with Crippen LogP contribution in [0.2, 0.25) is 5.02 Å². The van der Waals surface area contributed by atoms with Crippen LogP contribution in [-0.2, 0) is 5.41 Å². The maximum absolute atomic E-state index is 6.70. The fraction of sp³-hybridized carbons (Fsp3) is 0.200. The molecule has 9 rings (SSSR count). The normalized spacial score (nSPS) is 22.5. The maximum Gasteiger partial charge on any atom is 0.0468 e. The number of nitrogens with zero attached hydrogens (tertiary/aromatic N) is 1. The minimum absolute atomic E-state index is 0.146. The molecule has 4 atom stereocenters. The molecule has 0 saturated heterocycles. The lowest BCUT2D eigenvalue weighted by atomic mass is 9.55. The highest BCUT2D eigenvalue weighted by atomic mass is 35.5. The molecule has 0 aliphatic heterocycles. The van der Waals surface area contributed by atoms with Crippen molar-refractivity contribution in [2.75, 3.05) is 4.90 Å². The molecule has 1 nitrogen and oxygen atoms in total. The van der Waals surface area contributed by atoms with Crippen LogP contribution in [0, 0.1) is 17.8 Å². The standard InChI is InChI=1S/C45H38ClN/c1-29-22-35-24-36(23-29)45(28-30(35)2)43-21-15-37(46)26-42(43)41-20-19-40(27-44(41)45)47(39-18-14-32-10-6-7-11-34(32)25-39)38-16-12-33(13-17-38)31-8-4-3-5-9-31/h3-21,25-29,35-36H,22-24H2,1-2H3. The lowest BCUT2D eigenvalue weighted by Gasteiger charge is -2.49. The highest BCUT2D eigenvalue weighted by molar-refractivity contribution is 6.31. The summed E-state index contributed by atoms with van der Waals surface area (Å²) in [5.41, 5.74) is 12.8. The maximum atomic E-state index is 6.70. The van der Waals surface area contributed by atoms with E-state index in [1.807, 2.05) is 0 Å². The van der Waals surface area contributed by atoms with E-state index in [2.05, 4.69) is 158 Å². The zero-order valence-corrected chi connectivity index (χ0v) is 27.7. The summed E-state index contributed by atoms with van der Waals surface area (Å²) in [7, 11) is 0. The van der Waals surface area contributed by atoms with Crippen molar-refractivity contribution < 1.29 is 0 Å². The molecular formula is C45H38ClN. The van der Waals surface area contributed by atoms with Crippen molar-refractivity contribution in [2.24, 2.45) is 17.8 Å². The van der Waals surface area contributed by atoms with Gasteiger partial charge in [0.25, 0.3) is 0 Å². The summed E-state index contributed by atoms with van der Waals surface area (Å²) in [4.78, 5) is 2.44. The predicted octanol–water partition coefficient (Wildman–Crippen LogP) is 12.9. The average molecular weight is 628 g/mol. The topological polar surface area (TPSA) is 3.24 Å². The van der Waals surface area contributed by atoms with Crippen molar-refractivity contribution >= 4 is 39.4 Å². The Labute approximate surface area is 283 Å². The zero-order valence-electron chi connectivity index (χ0n) is 27.0. The largest absolute Gasteiger partial charge is 0.310 e. The lowest BCUT2D eigenvalue weighted by Crippen LogP contribution is -2.42. The molecule has 230 valence electrons. The summed E-state index contributed by atoms with van der Waals surface area (Å²) in [5.74, 6) is 1.98. The van der Waals surface area contributed by atoms with Gasteiger partial charge in [0.15, 0.2) is 0 Å². The van der Waals surface area contributed by atoms with Crippen LogP contribution in [0.1, 0.15) is 44.2 Å². The van der Waals surface area contributed by atoms with E-state index >= 15 is 0 Å². The molecule has 6 aromatic carbocycles. The summed E-state index contributed by atoms with van der Waals surface area (Å²) >= 11 is 6.70. The van der Waals surface area contributed by atoms with Crippen LogP contribution in [0.3, 0.4) is 0 Å². The van der Waals surface area contributed by atoms with Gasteiger partial charge in [-0.15, -0.1) is 0 Å². The summed E-state index contributed by atoms with van der Waals surface area (Å²) < 4.78 is 0. The molecule has 3 aliphatic rings. The van der Waals surface area contributed by atoms with Gasteiger partial charge >= 0.3 is 0 Å². The van der Waals surface area contributed by atoms with E-state index in [1.54, 1.807) is 5.57 Å². The van der Waals surface area contributed by atoms with Crippen molar-refractivity contribution in [3.63, 3.8) is 0 Å². The Morgan fingerprint density at radius 3 is 2.13 bits per heavy atom. The van der Waals surface area contributed by atoms with E-state index in [9.17, 15) is 0 Å². The minimum Gasteiger partial charge on any atom is -0.310 e. The number of benzene rings is 6. The van der Waals surface area contributed by atoms with Gasteiger partial charge in [0, 0.05) is 27.5 Å². The van der Waals surface area contributed by atoms with Crippen LogP contribution in [-0.4, -0.2) is 0 Å². The van der Waals surface area contributed by atoms with E-state index in [-0.39, 0.29) is 5.41 Å². The molecule has 1 saturated carbocycles. The smallest absolute Gasteiger partial charge is 0.0468 e. The fourth-order valence-corrected chi connectivity index (χ4v) is 9.40. The molecule has 6 aromatic rings. The van der Waals surface area contributed by atoms with Crippen molar-refractivity contribution in [2.45, 2.75) is 38.5 Å². The second-order valence-electron chi connectivity index (χ2n) is 14.2. The zero-order chi connectivity index (χ0) is 31.7. The molecule has 47 heavy (non-hydrogen) atoms. The first kappa shape index (κ1) is 28.6. The fourth-order valence-electron chi connectivity index (χ4n) is 9.23. The Balaban J connectivity index is 1.25. The molecular weight excluding hydrogens is 590 g/mol. The molecule has 1 spiro atoms. The van der Waals surface area contributed by atoms with E-state index in [0.717, 1.165) is 22.3 Å². The quantitative estimate of drug-likeness (QED) is 0.176. The Kier molecular flexibility index (Phi) is 6.70. The van der Waals surface area contributed by atoms with E-state index in [4.69, 9.17) is 11.6 Å². The van der Waals surface area contributed by atoms with Gasteiger partial charge < -0.3 is 4.90 Å². The van der Waals surface area contributed by atoms with Gasteiger partial charge in [-0.1, -0.05) is 115 Å². The highest BCUT2D eigenvalue weighted by Gasteiger charge is 2.52. The van der Waals surface area contributed by atoms with Gasteiger partial charge in [0.05, 0.1) is 0 Å². The van der Waals surface area contributed by atoms with Gasteiger partial charge in [-0.25, -0.2) is 0 Å². The van der Waals surface area contributed by atoms with Gasteiger partial charge in [0.2, 0.25) is 0 Å². The molecule has 0 aromatic heterocycles. The van der Waals surface area contributed by atoms with Crippen molar-refractivity contribution in [3.8, 4) is 22.3 Å². The monoisotopic (exact) mass is 627 g/mol. The molecule has 0 radical (unpaired) electrons. The Bertz CT molecular complexity index is 2180. The van der Waals surface area contributed by atoms with Crippen LogP contribution in [0.5, 0.6) is 0 Å². The number of allylic oxidation sites excluding steroid dienone is 2. The SMILES string of the molecule is CC1=CC2(c3ccc(Cl)cc3-c3ccc(N(c4ccc(-c5ccccc5)cc4)c4ccc5ccccc5c4)cc32)C2CC(C)CC1C2. The molecule has 3 aliphatic carbocycles. The molecule has 1 fully saturated rings. The van der Waals surface area contributed by atoms with Gasteiger partial charge in [0.1, 0.15) is 0 Å². The lowest BCUT2D eigenvalue weighted by molar-refractivity contribution is 0.168. The van der Waals surface area contributed by atoms with Gasteiger partial charge in [-0.2, -0.15) is 0 Å². The van der Waals surface area contributed by atoms with Crippen molar-refractivity contribution in [1.82, 2.24) is 0 Å². The molecule has 0 heterocycles. The van der Waals surface area contributed by atoms with Crippen LogP contribution < -0.4 is 4.90 Å². The van der Waals surface area contributed by atoms with Crippen molar-refractivity contribution in [1.29, 1.82) is 0 Å². The third kappa shape index (κ3) is 4.59. The molecule has 4 unspecified atom stereocenters. The first-order valence-electron chi connectivity index (χ1n) is 17.1. The number of anilines is 3. The molecule has 0 N–H and O–H groups in total. The molecule has 2 bridgehead atoms. The second-order valence-corrected chi connectivity index (χ2v) is 14.6. The summed E-state index contributed by atoms with van der Waals surface area (Å²) in [6, 6.07) is 49.0. The van der Waals surface area contributed by atoms with Crippen LogP contribution in [0.4, 0.5) is 17.1 Å². The Hall–Kier alpha value is -4.59. The van der Waals surface area contributed by atoms with E-state index in [1.165, 1.54) is 69.1 Å². The second kappa shape index (κ2) is 11.0. The highest BCUT2D eigenvalue weighted by Crippen LogP contribution is 2.62. The summed E-state index contributed by atoms with van der Waals surface area (Å²) in [5, 5.41) is 3.29. The van der Waals surface area contributed by atoms with Gasteiger partial charge in [-0.3, -0.25) is 0 Å². The van der Waals surface area contributed by atoms with Crippen LogP contribution >= 0.6 is 11.6 Å². The Morgan fingerprint density at radius 2 is 1.30 bits per heavy atom. The number of halogens is 1. The molecule has 0 amide bonds. The average Bonchev–Trinajstić information content (AvgIpc) is 3.36. The third-order valence-electron chi connectivity index (χ3n) is 11.3. The number of fused-ring (bicyclic) bond motifs is 9. The Morgan fingerprint density at radius 1 is 0.596 bits per heavy atom. The predicted molar refractivity (Wildman–Crippen MR) is 199 cm³/mol. The number of rotatable bonds is 4. The summed E-state index contributed by atoms with van der Waals surface area (Å²) in [6.07, 6.45) is 6.48. The first-order valence-corrected chi connectivity index (χ1v) is 17.4.